The minimum Gasteiger partial charge on any atom is -0.477 e. The molecule has 8 rings (SSSR count). The predicted molar refractivity (Wildman–Crippen MR) is 195 cm³/mol. The summed E-state index contributed by atoms with van der Waals surface area (Å²) in [7, 11) is 0. The topological polar surface area (TPSA) is 201 Å². The molecule has 8 aromatic rings. The van der Waals surface area contributed by atoms with Crippen molar-refractivity contribution < 1.29 is 60.7 Å². The Morgan fingerprint density at radius 2 is 0.491 bits per heavy atom. The molecule has 4 aromatic heterocycles. The number of aromatic nitrogens is 4. The van der Waals surface area contributed by atoms with Gasteiger partial charge in [-0.3, -0.25) is 0 Å². The molecule has 0 spiro atoms. The Kier molecular flexibility index (Phi) is 13.5. The first kappa shape index (κ1) is 38.9. The zero-order chi connectivity index (χ0) is 37.0. The largest absolute Gasteiger partial charge is 0.477 e. The van der Waals surface area contributed by atoms with Gasteiger partial charge in [-0.25, -0.2) is 39.1 Å². The molecule has 0 amide bonds. The van der Waals surface area contributed by atoms with Gasteiger partial charge >= 0.3 is 23.9 Å². The molecule has 0 atom stereocenters. The zero-order valence-electron chi connectivity index (χ0n) is 27.5. The third-order valence-electron chi connectivity index (χ3n) is 7.27. The molecule has 0 saturated heterocycles. The second-order valence-electron chi connectivity index (χ2n) is 10.8. The van der Waals surface area contributed by atoms with E-state index in [0.717, 1.165) is 21.5 Å². The molecule has 0 radical (unpaired) electrons. The first-order valence-electron chi connectivity index (χ1n) is 15.5. The van der Waals surface area contributed by atoms with Crippen molar-refractivity contribution >= 4 is 67.5 Å². The molecule has 4 heterocycles. The number of fused-ring (bicyclic) bond motifs is 4. The molecule has 0 bridgehead atoms. The number of aromatic carboxylic acids is 4. The van der Waals surface area contributed by atoms with Gasteiger partial charge in [-0.1, -0.05) is 97.1 Å². The number of carboxylic acid groups (broad SMARTS) is 4. The molecule has 53 heavy (non-hydrogen) atoms. The van der Waals surface area contributed by atoms with Crippen LogP contribution in [0.4, 0.5) is 0 Å². The van der Waals surface area contributed by atoms with Gasteiger partial charge in [0, 0.05) is 42.6 Å². The number of hydrogen-bond acceptors (Lipinski definition) is 8. The maximum atomic E-state index is 10.6. The first-order valence-corrected chi connectivity index (χ1v) is 15.5. The Hall–Kier alpha value is -6.91. The summed E-state index contributed by atoms with van der Waals surface area (Å²) in [6.45, 7) is 0. The fourth-order valence-electron chi connectivity index (χ4n) is 4.74. The summed E-state index contributed by atoms with van der Waals surface area (Å²) in [6, 6.07) is 42.7. The number of carbonyl (C=O) groups is 4. The summed E-state index contributed by atoms with van der Waals surface area (Å²) < 4.78 is 0. The van der Waals surface area contributed by atoms with Crippen LogP contribution in [0.5, 0.6) is 0 Å². The average Bonchev–Trinajstić information content (AvgIpc) is 3.17. The summed E-state index contributed by atoms with van der Waals surface area (Å²) in [4.78, 5) is 58.2. The van der Waals surface area contributed by atoms with Gasteiger partial charge in [0.15, 0.2) is 0 Å². The van der Waals surface area contributed by atoms with Crippen LogP contribution < -0.4 is 0 Å². The minimum atomic E-state index is -0.995. The molecular weight excluding hydrogens is 760 g/mol. The van der Waals surface area contributed by atoms with Crippen LogP contribution in [0.3, 0.4) is 0 Å². The van der Waals surface area contributed by atoms with E-state index in [1.54, 1.807) is 48.5 Å². The molecule has 4 N–H and O–H groups in total. The third kappa shape index (κ3) is 10.5. The Labute approximate surface area is 315 Å². The molecule has 0 unspecified atom stereocenters. The van der Waals surface area contributed by atoms with Gasteiger partial charge in [0.2, 0.25) is 0 Å². The van der Waals surface area contributed by atoms with Gasteiger partial charge in [-0.15, -0.1) is 0 Å². The third-order valence-corrected chi connectivity index (χ3v) is 7.27. The quantitative estimate of drug-likeness (QED) is 0.127. The molecule has 262 valence electrons. The Morgan fingerprint density at radius 1 is 0.302 bits per heavy atom. The van der Waals surface area contributed by atoms with E-state index in [2.05, 4.69) is 19.9 Å². The molecule has 0 aliphatic heterocycles. The van der Waals surface area contributed by atoms with E-state index in [0.29, 0.717) is 22.1 Å². The molecular formula is C40H28MoN4O8. The van der Waals surface area contributed by atoms with Crippen molar-refractivity contribution in [2.75, 3.05) is 0 Å². The van der Waals surface area contributed by atoms with Crippen LogP contribution in [-0.2, 0) is 21.1 Å². The molecule has 0 aliphatic rings. The number of benzene rings is 4. The zero-order valence-corrected chi connectivity index (χ0v) is 29.5. The van der Waals surface area contributed by atoms with Crippen molar-refractivity contribution in [2.45, 2.75) is 0 Å². The van der Waals surface area contributed by atoms with E-state index in [1.165, 1.54) is 24.3 Å². The molecule has 4 aromatic carbocycles. The van der Waals surface area contributed by atoms with Crippen molar-refractivity contribution in [1.82, 2.24) is 19.9 Å². The number of rotatable bonds is 4. The Bertz CT molecular complexity index is 2220. The van der Waals surface area contributed by atoms with Gasteiger partial charge in [0.1, 0.15) is 22.8 Å². The molecule has 0 aliphatic carbocycles. The standard InChI is InChI=1S/4C10H7NO2.Mo/c4*12-10(13)9-6-5-7-3-1-2-4-8(7)11-9;/h4*1-6H,(H,12,13);. The van der Waals surface area contributed by atoms with E-state index >= 15 is 0 Å². The number of nitrogens with zero attached hydrogens (tertiary/aromatic N) is 4. The Morgan fingerprint density at radius 3 is 0.679 bits per heavy atom. The Balaban J connectivity index is 0.000000157. The van der Waals surface area contributed by atoms with E-state index in [1.807, 2.05) is 72.8 Å². The monoisotopic (exact) mass is 790 g/mol. The molecule has 12 nitrogen and oxygen atoms in total. The van der Waals surface area contributed by atoms with Crippen LogP contribution in [0.15, 0.2) is 146 Å². The van der Waals surface area contributed by atoms with Crippen LogP contribution in [0, 0.1) is 0 Å². The maximum Gasteiger partial charge on any atom is 0.354 e. The van der Waals surface area contributed by atoms with Gasteiger partial charge in [0.25, 0.3) is 0 Å². The molecule has 0 saturated carbocycles. The SMILES string of the molecule is O=C(O)c1ccc2ccccc2n1.O=C(O)c1ccc2ccccc2n1.O=C(O)c1ccc2ccccc2n1.O=C(O)c1ccc2ccccc2n1.[Mo]. The second-order valence-corrected chi connectivity index (χ2v) is 10.8. The van der Waals surface area contributed by atoms with Crippen molar-refractivity contribution in [3.05, 3.63) is 168 Å². The molecule has 0 fully saturated rings. The van der Waals surface area contributed by atoms with Crippen molar-refractivity contribution in [1.29, 1.82) is 0 Å². The van der Waals surface area contributed by atoms with Crippen molar-refractivity contribution in [3.63, 3.8) is 0 Å². The summed E-state index contributed by atoms with van der Waals surface area (Å²) in [5.41, 5.74) is 3.17. The summed E-state index contributed by atoms with van der Waals surface area (Å²) in [6.07, 6.45) is 0. The number of hydrogen-bond donors (Lipinski definition) is 4. The first-order chi connectivity index (χ1) is 25.1. The van der Waals surface area contributed by atoms with Crippen LogP contribution in [0.2, 0.25) is 0 Å². The van der Waals surface area contributed by atoms with Gasteiger partial charge in [0.05, 0.1) is 22.1 Å². The van der Waals surface area contributed by atoms with E-state index in [-0.39, 0.29) is 43.8 Å². The maximum absolute atomic E-state index is 10.6. The fraction of sp³-hybridized carbons (Fsp3) is 0. The summed E-state index contributed by atoms with van der Waals surface area (Å²) in [5, 5.41) is 38.5. The van der Waals surface area contributed by atoms with Gasteiger partial charge in [-0.05, 0) is 48.5 Å². The molecule has 13 heteroatoms. The number of para-hydroxylation sites is 4. The van der Waals surface area contributed by atoms with Crippen LogP contribution in [0.1, 0.15) is 42.0 Å². The number of pyridine rings is 4. The van der Waals surface area contributed by atoms with Crippen molar-refractivity contribution in [3.8, 4) is 0 Å². The average molecular weight is 789 g/mol. The smallest absolute Gasteiger partial charge is 0.354 e. The van der Waals surface area contributed by atoms with E-state index in [9.17, 15) is 19.2 Å². The van der Waals surface area contributed by atoms with Crippen molar-refractivity contribution in [2.24, 2.45) is 0 Å². The minimum absolute atomic E-state index is 0. The van der Waals surface area contributed by atoms with Crippen LogP contribution in [0.25, 0.3) is 43.6 Å². The second kappa shape index (κ2) is 18.4. The summed E-state index contributed by atoms with van der Waals surface area (Å²) in [5.74, 6) is -3.98. The van der Waals surface area contributed by atoms with Gasteiger partial charge in [-0.2, -0.15) is 0 Å². The predicted octanol–water partition coefficient (Wildman–Crippen LogP) is 7.73. The van der Waals surface area contributed by atoms with Crippen LogP contribution >= 0.6 is 0 Å². The van der Waals surface area contributed by atoms with E-state index in [4.69, 9.17) is 20.4 Å². The fourth-order valence-corrected chi connectivity index (χ4v) is 4.74. The van der Waals surface area contributed by atoms with Gasteiger partial charge < -0.3 is 20.4 Å². The number of carboxylic acids is 4. The van der Waals surface area contributed by atoms with E-state index < -0.39 is 23.9 Å². The summed E-state index contributed by atoms with van der Waals surface area (Å²) >= 11 is 0. The van der Waals surface area contributed by atoms with Crippen LogP contribution in [-0.4, -0.2) is 64.2 Å². The normalized spacial score (nSPS) is 9.96.